The summed E-state index contributed by atoms with van der Waals surface area (Å²) >= 11 is 0. The maximum absolute atomic E-state index is 8.93. The summed E-state index contributed by atoms with van der Waals surface area (Å²) in [5.41, 5.74) is 4.89. The summed E-state index contributed by atoms with van der Waals surface area (Å²) < 4.78 is 5.52. The summed E-state index contributed by atoms with van der Waals surface area (Å²) in [5.74, 6) is 0.710. The molecule has 124 valence electrons. The summed E-state index contributed by atoms with van der Waals surface area (Å²) in [7, 11) is 0. The molecule has 0 aliphatic carbocycles. The van der Waals surface area contributed by atoms with Gasteiger partial charge in [0, 0.05) is 28.6 Å². The Bertz CT molecular complexity index is 1050. The molecule has 0 atom stereocenters. The zero-order chi connectivity index (χ0) is 17.2. The van der Waals surface area contributed by atoms with Crippen LogP contribution in [-0.2, 0) is 0 Å². The monoisotopic (exact) mass is 330 g/mol. The Kier molecular flexibility index (Phi) is 4.04. The van der Waals surface area contributed by atoms with Crippen LogP contribution in [0.15, 0.2) is 60.8 Å². The van der Waals surface area contributed by atoms with Gasteiger partial charge in [-0.2, -0.15) is 0 Å². The summed E-state index contributed by atoms with van der Waals surface area (Å²) in [6, 6.07) is 18.1. The third kappa shape index (κ3) is 2.92. The van der Waals surface area contributed by atoms with E-state index in [0.29, 0.717) is 5.75 Å². The largest absolute Gasteiger partial charge is 0.491 e. The van der Waals surface area contributed by atoms with Crippen molar-refractivity contribution in [3.63, 3.8) is 0 Å². The topological polar surface area (TPSA) is 55.2 Å². The molecule has 0 radical (unpaired) electrons. The Hall–Kier alpha value is -2.98. The molecule has 4 nitrogen and oxygen atoms in total. The van der Waals surface area contributed by atoms with Crippen molar-refractivity contribution in [3.05, 3.63) is 66.4 Å². The SMILES string of the molecule is Cc1cc(-c2cccc3cccnc23)nc2cc(OCCO)ccc12. The van der Waals surface area contributed by atoms with E-state index in [1.54, 1.807) is 6.20 Å². The molecular formula is C21H18N2O2. The number of aromatic nitrogens is 2. The van der Waals surface area contributed by atoms with Crippen LogP contribution < -0.4 is 4.74 Å². The summed E-state index contributed by atoms with van der Waals surface area (Å²) in [6.07, 6.45) is 1.81. The molecule has 25 heavy (non-hydrogen) atoms. The summed E-state index contributed by atoms with van der Waals surface area (Å²) in [5, 5.41) is 11.1. The van der Waals surface area contributed by atoms with E-state index >= 15 is 0 Å². The van der Waals surface area contributed by atoms with E-state index in [1.165, 1.54) is 0 Å². The van der Waals surface area contributed by atoms with Crippen LogP contribution in [-0.4, -0.2) is 28.3 Å². The molecule has 4 rings (SSSR count). The van der Waals surface area contributed by atoms with Gasteiger partial charge in [0.05, 0.1) is 23.3 Å². The minimum absolute atomic E-state index is 0.00773. The van der Waals surface area contributed by atoms with Crippen LogP contribution >= 0.6 is 0 Å². The molecule has 0 saturated carbocycles. The fourth-order valence-corrected chi connectivity index (χ4v) is 3.08. The number of aliphatic hydroxyl groups excluding tert-OH is 1. The van der Waals surface area contributed by atoms with E-state index < -0.39 is 0 Å². The number of pyridine rings is 2. The normalized spacial score (nSPS) is 11.1. The van der Waals surface area contributed by atoms with Gasteiger partial charge in [-0.1, -0.05) is 24.3 Å². The highest BCUT2D eigenvalue weighted by Crippen LogP contribution is 2.30. The second-order valence-corrected chi connectivity index (χ2v) is 5.96. The van der Waals surface area contributed by atoms with Crippen LogP contribution in [0.1, 0.15) is 5.56 Å². The Balaban J connectivity index is 1.89. The molecule has 0 fully saturated rings. The predicted molar refractivity (Wildman–Crippen MR) is 99.8 cm³/mol. The molecule has 0 unspecified atom stereocenters. The lowest BCUT2D eigenvalue weighted by Gasteiger charge is -2.10. The van der Waals surface area contributed by atoms with Crippen LogP contribution in [0.2, 0.25) is 0 Å². The van der Waals surface area contributed by atoms with Gasteiger partial charge in [-0.25, -0.2) is 4.98 Å². The fraction of sp³-hybridized carbons (Fsp3) is 0.143. The van der Waals surface area contributed by atoms with Gasteiger partial charge in [0.2, 0.25) is 0 Å². The average molecular weight is 330 g/mol. The van der Waals surface area contributed by atoms with Crippen molar-refractivity contribution in [2.75, 3.05) is 13.2 Å². The Morgan fingerprint density at radius 2 is 1.92 bits per heavy atom. The van der Waals surface area contributed by atoms with Gasteiger partial charge >= 0.3 is 0 Å². The lowest BCUT2D eigenvalue weighted by atomic mass is 10.0. The highest BCUT2D eigenvalue weighted by Gasteiger charge is 2.10. The van der Waals surface area contributed by atoms with Crippen LogP contribution in [0.4, 0.5) is 0 Å². The smallest absolute Gasteiger partial charge is 0.121 e. The van der Waals surface area contributed by atoms with Crippen molar-refractivity contribution < 1.29 is 9.84 Å². The first-order chi connectivity index (χ1) is 12.3. The highest BCUT2D eigenvalue weighted by atomic mass is 16.5. The zero-order valence-electron chi connectivity index (χ0n) is 13.9. The number of aryl methyl sites for hydroxylation is 1. The van der Waals surface area contributed by atoms with Gasteiger partial charge < -0.3 is 9.84 Å². The molecule has 2 heterocycles. The van der Waals surface area contributed by atoms with E-state index in [1.807, 2.05) is 30.3 Å². The second-order valence-electron chi connectivity index (χ2n) is 5.96. The van der Waals surface area contributed by atoms with Crippen molar-refractivity contribution in [2.24, 2.45) is 0 Å². The molecule has 0 spiro atoms. The lowest BCUT2D eigenvalue weighted by molar-refractivity contribution is 0.201. The maximum atomic E-state index is 8.93. The number of para-hydroxylation sites is 1. The quantitative estimate of drug-likeness (QED) is 0.611. The van der Waals surface area contributed by atoms with E-state index in [2.05, 4.69) is 36.2 Å². The minimum atomic E-state index is -0.00773. The van der Waals surface area contributed by atoms with Crippen molar-refractivity contribution in [1.29, 1.82) is 0 Å². The zero-order valence-corrected chi connectivity index (χ0v) is 13.9. The molecular weight excluding hydrogens is 312 g/mol. The standard InChI is InChI=1S/C21H18N2O2/c1-14-12-19(18-6-2-4-15-5-3-9-22-21(15)18)23-20-13-16(25-11-10-24)7-8-17(14)20/h2-9,12-13,24H,10-11H2,1H3. The van der Waals surface area contributed by atoms with Crippen molar-refractivity contribution in [3.8, 4) is 17.0 Å². The first-order valence-corrected chi connectivity index (χ1v) is 8.25. The number of benzene rings is 2. The molecule has 0 aliphatic rings. The lowest BCUT2D eigenvalue weighted by Crippen LogP contribution is -2.01. The Morgan fingerprint density at radius 3 is 2.80 bits per heavy atom. The molecule has 4 aromatic rings. The minimum Gasteiger partial charge on any atom is -0.491 e. The Labute approximate surface area is 145 Å². The van der Waals surface area contributed by atoms with Gasteiger partial charge in [-0.15, -0.1) is 0 Å². The van der Waals surface area contributed by atoms with E-state index in [4.69, 9.17) is 14.8 Å². The van der Waals surface area contributed by atoms with Crippen LogP contribution in [0, 0.1) is 6.92 Å². The number of fused-ring (bicyclic) bond motifs is 2. The molecule has 0 bridgehead atoms. The predicted octanol–water partition coefficient (Wildman–Crippen LogP) is 4.13. The first kappa shape index (κ1) is 15.5. The van der Waals surface area contributed by atoms with Crippen LogP contribution in [0.5, 0.6) is 5.75 Å². The molecule has 0 amide bonds. The van der Waals surface area contributed by atoms with Crippen LogP contribution in [0.25, 0.3) is 33.1 Å². The average Bonchev–Trinajstić information content (AvgIpc) is 2.65. The molecule has 1 N–H and O–H groups in total. The second kappa shape index (κ2) is 6.49. The fourth-order valence-electron chi connectivity index (χ4n) is 3.08. The Morgan fingerprint density at radius 1 is 1.04 bits per heavy atom. The van der Waals surface area contributed by atoms with Gasteiger partial charge in [0.25, 0.3) is 0 Å². The number of hydrogen-bond donors (Lipinski definition) is 1. The van der Waals surface area contributed by atoms with E-state index in [-0.39, 0.29) is 13.2 Å². The van der Waals surface area contributed by atoms with Crippen LogP contribution in [0.3, 0.4) is 0 Å². The van der Waals surface area contributed by atoms with Gasteiger partial charge in [-0.05, 0) is 36.8 Å². The van der Waals surface area contributed by atoms with Gasteiger partial charge in [0.1, 0.15) is 12.4 Å². The molecule has 0 aliphatic heterocycles. The van der Waals surface area contributed by atoms with E-state index in [9.17, 15) is 0 Å². The van der Waals surface area contributed by atoms with Gasteiger partial charge in [0.15, 0.2) is 0 Å². The molecule has 4 heteroatoms. The first-order valence-electron chi connectivity index (χ1n) is 8.25. The van der Waals surface area contributed by atoms with Crippen molar-refractivity contribution in [2.45, 2.75) is 6.92 Å². The summed E-state index contributed by atoms with van der Waals surface area (Å²) in [4.78, 5) is 9.38. The van der Waals surface area contributed by atoms with E-state index in [0.717, 1.165) is 38.6 Å². The molecule has 2 aromatic carbocycles. The molecule has 0 saturated heterocycles. The number of ether oxygens (including phenoxy) is 1. The number of nitrogens with zero attached hydrogens (tertiary/aromatic N) is 2. The number of hydrogen-bond acceptors (Lipinski definition) is 4. The molecule has 2 aromatic heterocycles. The van der Waals surface area contributed by atoms with Crippen molar-refractivity contribution >= 4 is 21.8 Å². The third-order valence-corrected chi connectivity index (χ3v) is 4.26. The number of aliphatic hydroxyl groups is 1. The van der Waals surface area contributed by atoms with Gasteiger partial charge in [-0.3, -0.25) is 4.98 Å². The van der Waals surface area contributed by atoms with Crippen molar-refractivity contribution in [1.82, 2.24) is 9.97 Å². The summed E-state index contributed by atoms with van der Waals surface area (Å²) in [6.45, 7) is 2.35. The number of rotatable bonds is 4. The third-order valence-electron chi connectivity index (χ3n) is 4.26. The maximum Gasteiger partial charge on any atom is 0.121 e. The highest BCUT2D eigenvalue weighted by molar-refractivity contribution is 5.94.